The third kappa shape index (κ3) is 4.45. The fourth-order valence-electron chi connectivity index (χ4n) is 2.31. The summed E-state index contributed by atoms with van der Waals surface area (Å²) in [4.78, 5) is 2.37. The van der Waals surface area contributed by atoms with E-state index in [9.17, 15) is 8.42 Å². The first-order chi connectivity index (χ1) is 9.45. The number of likely N-dealkylation sites (tertiary alicyclic amines) is 1. The fraction of sp³-hybridized carbons (Fsp3) is 0.538. The van der Waals surface area contributed by atoms with Crippen molar-refractivity contribution in [3.05, 3.63) is 24.3 Å². The Hall–Kier alpha value is -1.15. The van der Waals surface area contributed by atoms with Crippen molar-refractivity contribution in [2.45, 2.75) is 23.8 Å². The molecule has 0 radical (unpaired) electrons. The van der Waals surface area contributed by atoms with Crippen LogP contribution in [-0.2, 0) is 10.0 Å². The van der Waals surface area contributed by atoms with Crippen LogP contribution in [0.1, 0.15) is 12.8 Å². The van der Waals surface area contributed by atoms with Gasteiger partial charge in [0.1, 0.15) is 12.4 Å². The second-order valence-electron chi connectivity index (χ2n) is 5.07. The average Bonchev–Trinajstić information content (AvgIpc) is 2.38. The molecule has 0 amide bonds. The van der Waals surface area contributed by atoms with Crippen molar-refractivity contribution in [3.8, 4) is 5.75 Å². The number of hydrogen-bond donors (Lipinski definition) is 2. The van der Waals surface area contributed by atoms with E-state index in [4.69, 9.17) is 15.6 Å². The van der Waals surface area contributed by atoms with E-state index in [1.165, 1.54) is 12.1 Å². The molecule has 1 saturated heterocycles. The summed E-state index contributed by atoms with van der Waals surface area (Å²) in [6.45, 7) is 3.35. The summed E-state index contributed by atoms with van der Waals surface area (Å²) in [6, 6.07) is 6.38. The Bertz CT molecular complexity index is 530. The quantitative estimate of drug-likeness (QED) is 0.805. The lowest BCUT2D eigenvalue weighted by Crippen LogP contribution is -2.44. The van der Waals surface area contributed by atoms with Crippen LogP contribution in [0.3, 0.4) is 0 Å². The molecule has 0 aliphatic carbocycles. The lowest BCUT2D eigenvalue weighted by Gasteiger charge is -2.30. The fourth-order valence-corrected chi connectivity index (χ4v) is 2.83. The topological polar surface area (TPSA) is 98.6 Å². The molecule has 1 heterocycles. The molecular weight excluding hydrogens is 278 g/mol. The molecule has 1 fully saturated rings. The zero-order chi connectivity index (χ0) is 14.6. The predicted molar refractivity (Wildman–Crippen MR) is 77.0 cm³/mol. The molecule has 112 valence electrons. The molecule has 1 aromatic carbocycles. The Morgan fingerprint density at radius 2 is 2.00 bits per heavy atom. The van der Waals surface area contributed by atoms with Gasteiger partial charge in [0.05, 0.1) is 4.90 Å². The Morgan fingerprint density at radius 3 is 2.60 bits per heavy atom. The van der Waals surface area contributed by atoms with Crippen LogP contribution in [0.25, 0.3) is 0 Å². The SMILES string of the molecule is N[C@@H]1CCCN(CCOc2ccc(S(N)(=O)=O)cc2)C1. The minimum absolute atomic E-state index is 0.0897. The average molecular weight is 299 g/mol. The summed E-state index contributed by atoms with van der Waals surface area (Å²) in [5.74, 6) is 0.638. The second kappa shape index (κ2) is 6.53. The number of piperidine rings is 1. The molecule has 1 aromatic rings. The molecule has 1 atom stereocenters. The maximum Gasteiger partial charge on any atom is 0.238 e. The van der Waals surface area contributed by atoms with Crippen molar-refractivity contribution < 1.29 is 13.2 Å². The van der Waals surface area contributed by atoms with Crippen LogP contribution in [0.5, 0.6) is 5.75 Å². The third-order valence-corrected chi connectivity index (χ3v) is 4.30. The summed E-state index contributed by atoms with van der Waals surface area (Å²) < 4.78 is 27.8. The predicted octanol–water partition coefficient (Wildman–Crippen LogP) is 0.136. The van der Waals surface area contributed by atoms with Gasteiger partial charge in [-0.1, -0.05) is 0 Å². The zero-order valence-electron chi connectivity index (χ0n) is 11.4. The maximum absolute atomic E-state index is 11.1. The van der Waals surface area contributed by atoms with Crippen LogP contribution < -0.4 is 15.6 Å². The molecule has 20 heavy (non-hydrogen) atoms. The van der Waals surface area contributed by atoms with Gasteiger partial charge >= 0.3 is 0 Å². The standard InChI is InChI=1S/C13H21N3O3S/c14-11-2-1-7-16(10-11)8-9-19-12-3-5-13(6-4-12)20(15,17)18/h3-6,11H,1-2,7-10,14H2,(H2,15,17,18)/t11-/m1/s1. The summed E-state index contributed by atoms with van der Waals surface area (Å²) in [6.07, 6.45) is 2.22. The number of primary sulfonamides is 1. The van der Waals surface area contributed by atoms with Gasteiger partial charge in [0.2, 0.25) is 10.0 Å². The first-order valence-electron chi connectivity index (χ1n) is 6.69. The van der Waals surface area contributed by atoms with Crippen LogP contribution in [0.2, 0.25) is 0 Å². The highest BCUT2D eigenvalue weighted by Gasteiger charge is 2.16. The largest absolute Gasteiger partial charge is 0.492 e. The van der Waals surface area contributed by atoms with Crippen molar-refractivity contribution >= 4 is 10.0 Å². The molecule has 4 N–H and O–H groups in total. The third-order valence-electron chi connectivity index (χ3n) is 3.37. The van der Waals surface area contributed by atoms with Crippen molar-refractivity contribution in [2.75, 3.05) is 26.2 Å². The van der Waals surface area contributed by atoms with Gasteiger partial charge in [0, 0.05) is 19.1 Å². The van der Waals surface area contributed by atoms with Crippen LogP contribution in [0.4, 0.5) is 0 Å². The van der Waals surface area contributed by atoms with E-state index in [1.54, 1.807) is 12.1 Å². The molecule has 0 aromatic heterocycles. The Balaban J connectivity index is 1.79. The molecule has 0 spiro atoms. The van der Waals surface area contributed by atoms with Crippen LogP contribution in [0, 0.1) is 0 Å². The lowest BCUT2D eigenvalue weighted by atomic mass is 10.1. The number of ether oxygens (including phenoxy) is 1. The smallest absolute Gasteiger partial charge is 0.238 e. The highest BCUT2D eigenvalue weighted by atomic mass is 32.2. The van der Waals surface area contributed by atoms with E-state index in [0.29, 0.717) is 12.4 Å². The zero-order valence-corrected chi connectivity index (χ0v) is 12.2. The van der Waals surface area contributed by atoms with E-state index < -0.39 is 10.0 Å². The van der Waals surface area contributed by atoms with Crippen molar-refractivity contribution in [1.82, 2.24) is 4.90 Å². The van der Waals surface area contributed by atoms with Gasteiger partial charge in [0.25, 0.3) is 0 Å². The van der Waals surface area contributed by atoms with Gasteiger partial charge in [-0.15, -0.1) is 0 Å². The normalized spacial score (nSPS) is 20.8. The number of nitrogens with two attached hydrogens (primary N) is 2. The molecule has 0 saturated carbocycles. The first-order valence-corrected chi connectivity index (χ1v) is 8.23. The Morgan fingerprint density at radius 1 is 1.30 bits per heavy atom. The molecule has 1 aliphatic heterocycles. The van der Waals surface area contributed by atoms with Gasteiger partial charge < -0.3 is 10.5 Å². The van der Waals surface area contributed by atoms with Crippen LogP contribution in [0.15, 0.2) is 29.2 Å². The molecule has 0 bridgehead atoms. The Kier molecular flexibility index (Phi) is 4.98. The second-order valence-corrected chi connectivity index (χ2v) is 6.63. The van der Waals surface area contributed by atoms with E-state index in [0.717, 1.165) is 32.5 Å². The number of hydrogen-bond acceptors (Lipinski definition) is 5. The summed E-state index contributed by atoms with van der Waals surface area (Å²) in [5, 5.41) is 5.03. The highest BCUT2D eigenvalue weighted by molar-refractivity contribution is 7.89. The van der Waals surface area contributed by atoms with E-state index in [2.05, 4.69) is 4.90 Å². The van der Waals surface area contributed by atoms with Gasteiger partial charge in [-0.3, -0.25) is 4.90 Å². The van der Waals surface area contributed by atoms with Crippen LogP contribution >= 0.6 is 0 Å². The summed E-state index contributed by atoms with van der Waals surface area (Å²) >= 11 is 0. The number of rotatable bonds is 5. The summed E-state index contributed by atoms with van der Waals surface area (Å²) in [7, 11) is -3.64. The van der Waals surface area contributed by atoms with Gasteiger partial charge in [-0.2, -0.15) is 0 Å². The number of sulfonamides is 1. The van der Waals surface area contributed by atoms with Gasteiger partial charge in [-0.25, -0.2) is 13.6 Å². The maximum atomic E-state index is 11.1. The minimum atomic E-state index is -3.64. The first kappa shape index (κ1) is 15.2. The highest BCUT2D eigenvalue weighted by Crippen LogP contribution is 2.15. The van der Waals surface area contributed by atoms with Crippen molar-refractivity contribution in [3.63, 3.8) is 0 Å². The molecule has 2 rings (SSSR count). The molecular formula is C13H21N3O3S. The number of nitrogens with zero attached hydrogens (tertiary/aromatic N) is 1. The summed E-state index contributed by atoms with van der Waals surface area (Å²) in [5.41, 5.74) is 5.91. The monoisotopic (exact) mass is 299 g/mol. The van der Waals surface area contributed by atoms with Gasteiger partial charge in [-0.05, 0) is 43.7 Å². The van der Waals surface area contributed by atoms with E-state index in [-0.39, 0.29) is 10.9 Å². The molecule has 6 nitrogen and oxygen atoms in total. The van der Waals surface area contributed by atoms with Crippen molar-refractivity contribution in [1.29, 1.82) is 0 Å². The van der Waals surface area contributed by atoms with E-state index in [1.807, 2.05) is 0 Å². The lowest BCUT2D eigenvalue weighted by molar-refractivity contribution is 0.171. The molecule has 0 unspecified atom stereocenters. The molecule has 1 aliphatic rings. The van der Waals surface area contributed by atoms with Crippen LogP contribution in [-0.4, -0.2) is 45.6 Å². The minimum Gasteiger partial charge on any atom is -0.492 e. The van der Waals surface area contributed by atoms with Crippen molar-refractivity contribution in [2.24, 2.45) is 10.9 Å². The molecule has 7 heteroatoms. The Labute approximate surface area is 119 Å². The van der Waals surface area contributed by atoms with Gasteiger partial charge in [0.15, 0.2) is 0 Å². The van der Waals surface area contributed by atoms with E-state index >= 15 is 0 Å². The number of benzene rings is 1.